The summed E-state index contributed by atoms with van der Waals surface area (Å²) >= 11 is 0. The largest absolute Gasteiger partial charge is 0.454 e. The number of ether oxygens (including phenoxy) is 1. The summed E-state index contributed by atoms with van der Waals surface area (Å²) < 4.78 is 5.02. The van der Waals surface area contributed by atoms with Crippen LogP contribution in [-0.2, 0) is 4.74 Å². The Labute approximate surface area is 138 Å². The highest BCUT2D eigenvalue weighted by atomic mass is 16.6. The van der Waals surface area contributed by atoms with E-state index < -0.39 is 23.3 Å². The van der Waals surface area contributed by atoms with Crippen LogP contribution in [0.15, 0.2) is 48.5 Å². The molecule has 24 heavy (non-hydrogen) atoms. The van der Waals surface area contributed by atoms with E-state index in [1.807, 2.05) is 25.1 Å². The maximum atomic E-state index is 12.0. The summed E-state index contributed by atoms with van der Waals surface area (Å²) in [5.74, 6) is -1.03. The maximum absolute atomic E-state index is 12.0. The zero-order chi connectivity index (χ0) is 17.7. The van der Waals surface area contributed by atoms with E-state index >= 15 is 0 Å². The summed E-state index contributed by atoms with van der Waals surface area (Å²) in [6.07, 6.45) is 0. The average Bonchev–Trinajstić information content (AvgIpc) is 2.59. The van der Waals surface area contributed by atoms with Gasteiger partial charge < -0.3 is 9.64 Å². The van der Waals surface area contributed by atoms with Gasteiger partial charge in [0.15, 0.2) is 12.4 Å². The SMILES string of the molecule is CN(C)c1cccc(C(=O)OCC(=O)c2ccc([N+](=O)[O-])cc2)c1. The number of ketones is 1. The molecule has 0 bridgehead atoms. The van der Waals surface area contributed by atoms with Crippen LogP contribution >= 0.6 is 0 Å². The van der Waals surface area contributed by atoms with E-state index in [-0.39, 0.29) is 11.3 Å². The Morgan fingerprint density at radius 3 is 2.33 bits per heavy atom. The normalized spacial score (nSPS) is 10.1. The maximum Gasteiger partial charge on any atom is 0.338 e. The lowest BCUT2D eigenvalue weighted by molar-refractivity contribution is -0.384. The molecule has 0 spiro atoms. The zero-order valence-corrected chi connectivity index (χ0v) is 13.3. The molecule has 0 aliphatic rings. The van der Waals surface area contributed by atoms with E-state index in [1.54, 1.807) is 18.2 Å². The van der Waals surface area contributed by atoms with Crippen molar-refractivity contribution in [2.75, 3.05) is 25.6 Å². The number of rotatable bonds is 6. The Morgan fingerprint density at radius 2 is 1.75 bits per heavy atom. The molecule has 0 radical (unpaired) electrons. The highest BCUT2D eigenvalue weighted by Gasteiger charge is 2.14. The molecule has 2 rings (SSSR count). The smallest absolute Gasteiger partial charge is 0.338 e. The van der Waals surface area contributed by atoms with Gasteiger partial charge in [0.1, 0.15) is 0 Å². The number of esters is 1. The highest BCUT2D eigenvalue weighted by Crippen LogP contribution is 2.15. The van der Waals surface area contributed by atoms with Gasteiger partial charge in [-0.25, -0.2) is 4.79 Å². The van der Waals surface area contributed by atoms with E-state index in [0.717, 1.165) is 5.69 Å². The molecule has 0 saturated heterocycles. The summed E-state index contributed by atoms with van der Waals surface area (Å²) in [5.41, 5.74) is 1.32. The number of anilines is 1. The minimum atomic E-state index is -0.603. The van der Waals surface area contributed by atoms with Crippen LogP contribution in [0.25, 0.3) is 0 Å². The molecule has 124 valence electrons. The fourth-order valence-corrected chi connectivity index (χ4v) is 1.98. The summed E-state index contributed by atoms with van der Waals surface area (Å²) in [4.78, 5) is 35.9. The first-order valence-electron chi connectivity index (χ1n) is 7.10. The molecular weight excluding hydrogens is 312 g/mol. The fraction of sp³-hybridized carbons (Fsp3) is 0.176. The molecule has 7 heteroatoms. The number of nitro groups is 1. The van der Waals surface area contributed by atoms with Crippen molar-refractivity contribution in [3.8, 4) is 0 Å². The van der Waals surface area contributed by atoms with Crippen molar-refractivity contribution in [3.63, 3.8) is 0 Å². The van der Waals surface area contributed by atoms with Crippen LogP contribution in [0.1, 0.15) is 20.7 Å². The molecule has 0 N–H and O–H groups in total. The van der Waals surface area contributed by atoms with E-state index in [4.69, 9.17) is 4.74 Å². The summed E-state index contributed by atoms with van der Waals surface area (Å²) in [6, 6.07) is 12.0. The lowest BCUT2D eigenvalue weighted by atomic mass is 10.1. The number of nitrogens with zero attached hydrogens (tertiary/aromatic N) is 2. The second-order valence-electron chi connectivity index (χ2n) is 5.25. The van der Waals surface area contributed by atoms with Gasteiger partial charge >= 0.3 is 5.97 Å². The first-order chi connectivity index (χ1) is 11.4. The van der Waals surface area contributed by atoms with Gasteiger partial charge in [-0.1, -0.05) is 6.07 Å². The van der Waals surface area contributed by atoms with E-state index in [1.165, 1.54) is 24.3 Å². The molecular formula is C17H16N2O5. The Morgan fingerprint density at radius 1 is 1.08 bits per heavy atom. The van der Waals surface area contributed by atoms with Crippen LogP contribution in [0.4, 0.5) is 11.4 Å². The Kier molecular flexibility index (Phi) is 5.26. The number of hydrogen-bond donors (Lipinski definition) is 0. The Bertz CT molecular complexity index is 769. The predicted octanol–water partition coefficient (Wildman–Crippen LogP) is 2.70. The minimum absolute atomic E-state index is 0.107. The third kappa shape index (κ3) is 4.16. The van der Waals surface area contributed by atoms with Gasteiger partial charge in [-0.3, -0.25) is 14.9 Å². The average molecular weight is 328 g/mol. The molecule has 0 aromatic heterocycles. The number of Topliss-reactive ketones (excluding diaryl/α,β-unsaturated/α-hetero) is 1. The molecule has 2 aromatic rings. The first kappa shape index (κ1) is 17.1. The van der Waals surface area contributed by atoms with Crippen LogP contribution in [0, 0.1) is 10.1 Å². The van der Waals surface area contributed by atoms with Crippen LogP contribution in [0.2, 0.25) is 0 Å². The Hall–Kier alpha value is -3.22. The third-order valence-electron chi connectivity index (χ3n) is 3.33. The summed E-state index contributed by atoms with van der Waals surface area (Å²) in [5, 5.41) is 10.6. The quantitative estimate of drug-likeness (QED) is 0.350. The molecule has 0 aliphatic heterocycles. The topological polar surface area (TPSA) is 89.8 Å². The molecule has 0 amide bonds. The zero-order valence-electron chi connectivity index (χ0n) is 13.3. The van der Waals surface area contributed by atoms with E-state index in [2.05, 4.69) is 0 Å². The van der Waals surface area contributed by atoms with Crippen LogP contribution in [0.3, 0.4) is 0 Å². The molecule has 0 fully saturated rings. The highest BCUT2D eigenvalue weighted by molar-refractivity contribution is 5.99. The minimum Gasteiger partial charge on any atom is -0.454 e. The van der Waals surface area contributed by atoms with Gasteiger partial charge in [0.2, 0.25) is 0 Å². The molecule has 0 atom stereocenters. The van der Waals surface area contributed by atoms with Crippen molar-refractivity contribution in [2.24, 2.45) is 0 Å². The second kappa shape index (κ2) is 7.36. The van der Waals surface area contributed by atoms with E-state index in [9.17, 15) is 19.7 Å². The van der Waals surface area contributed by atoms with Crippen molar-refractivity contribution in [1.29, 1.82) is 0 Å². The van der Waals surface area contributed by atoms with Crippen LogP contribution in [0.5, 0.6) is 0 Å². The standard InChI is InChI=1S/C17H16N2O5/c1-18(2)15-5-3-4-13(10-15)17(21)24-11-16(20)12-6-8-14(9-7-12)19(22)23/h3-10H,11H2,1-2H3. The second-order valence-corrected chi connectivity index (χ2v) is 5.25. The Balaban J connectivity index is 1.99. The van der Waals surface area contributed by atoms with Gasteiger partial charge in [0, 0.05) is 37.5 Å². The third-order valence-corrected chi connectivity index (χ3v) is 3.33. The van der Waals surface area contributed by atoms with Gasteiger partial charge in [0.05, 0.1) is 10.5 Å². The molecule has 7 nitrogen and oxygen atoms in total. The summed E-state index contributed by atoms with van der Waals surface area (Å²) in [7, 11) is 3.70. The van der Waals surface area contributed by atoms with Crippen molar-refractivity contribution in [2.45, 2.75) is 0 Å². The van der Waals surface area contributed by atoms with Gasteiger partial charge in [0.25, 0.3) is 5.69 Å². The molecule has 0 heterocycles. The van der Waals surface area contributed by atoms with Crippen molar-refractivity contribution < 1.29 is 19.2 Å². The van der Waals surface area contributed by atoms with Gasteiger partial charge in [-0.15, -0.1) is 0 Å². The first-order valence-corrected chi connectivity index (χ1v) is 7.10. The van der Waals surface area contributed by atoms with Gasteiger partial charge in [-0.2, -0.15) is 0 Å². The molecule has 0 aliphatic carbocycles. The number of hydrogen-bond acceptors (Lipinski definition) is 6. The summed E-state index contributed by atoms with van der Waals surface area (Å²) in [6.45, 7) is -0.428. The van der Waals surface area contributed by atoms with Crippen LogP contribution < -0.4 is 4.90 Å². The van der Waals surface area contributed by atoms with Crippen molar-refractivity contribution >= 4 is 23.1 Å². The lowest BCUT2D eigenvalue weighted by Crippen LogP contribution is -2.15. The monoisotopic (exact) mass is 328 g/mol. The number of nitro benzene ring substituents is 1. The number of non-ortho nitro benzene ring substituents is 1. The number of carbonyl (C=O) groups excluding carboxylic acids is 2. The van der Waals surface area contributed by atoms with E-state index in [0.29, 0.717) is 5.56 Å². The molecule has 0 unspecified atom stereocenters. The number of benzene rings is 2. The van der Waals surface area contributed by atoms with Crippen molar-refractivity contribution in [3.05, 3.63) is 69.8 Å². The predicted molar refractivity (Wildman–Crippen MR) is 88.5 cm³/mol. The molecule has 2 aromatic carbocycles. The molecule has 0 saturated carbocycles. The lowest BCUT2D eigenvalue weighted by Gasteiger charge is -2.13. The van der Waals surface area contributed by atoms with Gasteiger partial charge in [-0.05, 0) is 30.3 Å². The van der Waals surface area contributed by atoms with Crippen LogP contribution in [-0.4, -0.2) is 37.4 Å². The van der Waals surface area contributed by atoms with Crippen molar-refractivity contribution in [1.82, 2.24) is 0 Å². The fourth-order valence-electron chi connectivity index (χ4n) is 1.98. The number of carbonyl (C=O) groups is 2.